The van der Waals surface area contributed by atoms with E-state index < -0.39 is 0 Å². The molecule has 0 amide bonds. The van der Waals surface area contributed by atoms with Crippen molar-refractivity contribution in [3.63, 3.8) is 0 Å². The van der Waals surface area contributed by atoms with Crippen molar-refractivity contribution < 1.29 is 25.0 Å². The second-order valence-electron chi connectivity index (χ2n) is 0. The number of hydrogen-bond acceptors (Lipinski definition) is 0. The smallest absolute Gasteiger partial charge is 0 e. The largest absolute Gasteiger partial charge is 0.412 e. The van der Waals surface area contributed by atoms with E-state index in [-0.39, 0.29) is 74.6 Å². The van der Waals surface area contributed by atoms with Gasteiger partial charge >= 0.3 is 0 Å². The van der Waals surface area contributed by atoms with E-state index in [0.717, 1.165) is 0 Å². The van der Waals surface area contributed by atoms with Gasteiger partial charge < -0.3 is 5.48 Å². The molecule has 0 aromatic heterocycles. The fraction of sp³-hybridized carbons (Fsp3) is 0. The predicted molar refractivity (Wildman–Crippen MR) is 32.6 cm³/mol. The van der Waals surface area contributed by atoms with Crippen molar-refractivity contribution in [2.45, 2.75) is 0 Å². The summed E-state index contributed by atoms with van der Waals surface area (Å²) in [4.78, 5) is 0. The van der Waals surface area contributed by atoms with Crippen molar-refractivity contribution in [2.24, 2.45) is 0 Å². The molecule has 0 unspecified atom stereocenters. The fourth-order valence-corrected chi connectivity index (χ4v) is 0. The Morgan fingerprint density at radius 2 is 0.500 bits per heavy atom. The van der Waals surface area contributed by atoms with Gasteiger partial charge in [0.1, 0.15) is 0 Å². The summed E-state index contributed by atoms with van der Waals surface area (Å²) in [6.07, 6.45) is 0. The van der Waals surface area contributed by atoms with Crippen LogP contribution in [0.25, 0.3) is 0 Å². The first kappa shape index (κ1) is 116. The van der Waals surface area contributed by atoms with Crippen LogP contribution in [0, 0.1) is 0 Å². The standard InChI is InChI=1S/4ClH.H2O.Zn/h4*1H;1H2;. The second kappa shape index (κ2) is 73.2. The van der Waals surface area contributed by atoms with Gasteiger partial charge in [0.25, 0.3) is 0 Å². The third-order valence-corrected chi connectivity index (χ3v) is 0. The Labute approximate surface area is 74.3 Å². The summed E-state index contributed by atoms with van der Waals surface area (Å²) in [5, 5.41) is 0. The predicted octanol–water partition coefficient (Wildman–Crippen LogP) is 0.860. The molecule has 42 valence electrons. The van der Waals surface area contributed by atoms with Crippen LogP contribution in [-0.4, -0.2) is 5.48 Å². The quantitative estimate of drug-likeness (QED) is 0.552. The van der Waals surface area contributed by atoms with E-state index in [1.54, 1.807) is 0 Å². The SMILES string of the molecule is Cl.Cl.Cl.Cl.O.[Zn]. The average molecular weight is 229 g/mol. The van der Waals surface area contributed by atoms with E-state index in [0.29, 0.717) is 0 Å². The summed E-state index contributed by atoms with van der Waals surface area (Å²) in [6, 6.07) is 0. The summed E-state index contributed by atoms with van der Waals surface area (Å²) in [7, 11) is 0. The first-order valence-electron chi connectivity index (χ1n) is 0. The maximum Gasteiger partial charge on any atom is 0 e. The summed E-state index contributed by atoms with van der Waals surface area (Å²) >= 11 is 0. The van der Waals surface area contributed by atoms with Crippen LogP contribution in [-0.2, 0) is 19.5 Å². The molecule has 6 heavy (non-hydrogen) atoms. The molecule has 0 aromatic rings. The van der Waals surface area contributed by atoms with Crippen molar-refractivity contribution in [1.82, 2.24) is 0 Å². The number of rotatable bonds is 0. The van der Waals surface area contributed by atoms with Crippen molar-refractivity contribution in [1.29, 1.82) is 0 Å². The molecule has 1 nitrogen and oxygen atoms in total. The number of halogens is 4. The molecular formula is H6Cl4OZn. The Morgan fingerprint density at radius 1 is 0.500 bits per heavy atom. The summed E-state index contributed by atoms with van der Waals surface area (Å²) in [6.45, 7) is 0. The zero-order valence-corrected chi connectivity index (χ0v) is 9.07. The minimum atomic E-state index is 0. The van der Waals surface area contributed by atoms with Gasteiger partial charge in [-0.1, -0.05) is 0 Å². The van der Waals surface area contributed by atoms with E-state index in [2.05, 4.69) is 0 Å². The van der Waals surface area contributed by atoms with E-state index in [1.807, 2.05) is 0 Å². The van der Waals surface area contributed by atoms with E-state index in [4.69, 9.17) is 0 Å². The second-order valence-corrected chi connectivity index (χ2v) is 0. The monoisotopic (exact) mass is 226 g/mol. The fourth-order valence-electron chi connectivity index (χ4n) is 0. The molecule has 0 spiro atoms. The Bertz CT molecular complexity index is 7.51. The first-order chi connectivity index (χ1) is 0. The van der Waals surface area contributed by atoms with Gasteiger partial charge in [-0.05, 0) is 0 Å². The van der Waals surface area contributed by atoms with Crippen LogP contribution in [0.15, 0.2) is 0 Å². The molecule has 0 saturated carbocycles. The van der Waals surface area contributed by atoms with Gasteiger partial charge in [-0.3, -0.25) is 0 Å². The van der Waals surface area contributed by atoms with Gasteiger partial charge in [0.2, 0.25) is 0 Å². The Morgan fingerprint density at radius 3 is 0.500 bits per heavy atom. The Balaban J connectivity index is 0. The Kier molecular flexibility index (Phi) is 1410. The van der Waals surface area contributed by atoms with Gasteiger partial charge in [0, 0.05) is 19.5 Å². The van der Waals surface area contributed by atoms with Gasteiger partial charge in [-0.2, -0.15) is 0 Å². The van der Waals surface area contributed by atoms with Gasteiger partial charge in [-0.15, -0.1) is 49.6 Å². The van der Waals surface area contributed by atoms with E-state index >= 15 is 0 Å². The van der Waals surface area contributed by atoms with Crippen molar-refractivity contribution in [2.75, 3.05) is 0 Å². The summed E-state index contributed by atoms with van der Waals surface area (Å²) < 4.78 is 0. The van der Waals surface area contributed by atoms with Gasteiger partial charge in [0.05, 0.1) is 0 Å². The molecule has 0 aromatic carbocycles. The number of hydrogen-bond donors (Lipinski definition) is 0. The normalized spacial score (nSPS) is 0. The third-order valence-electron chi connectivity index (χ3n) is 0. The van der Waals surface area contributed by atoms with Gasteiger partial charge in [-0.25, -0.2) is 0 Å². The minimum absolute atomic E-state index is 0. The van der Waals surface area contributed by atoms with Crippen molar-refractivity contribution >= 4 is 49.6 Å². The molecule has 2 N–H and O–H groups in total. The maximum atomic E-state index is 0. The molecule has 0 aliphatic carbocycles. The van der Waals surface area contributed by atoms with E-state index in [9.17, 15) is 0 Å². The third kappa shape index (κ3) is 42.5. The first-order valence-corrected chi connectivity index (χ1v) is 0. The molecule has 0 bridgehead atoms. The minimum Gasteiger partial charge on any atom is -0.412 e. The van der Waals surface area contributed by atoms with Crippen LogP contribution >= 0.6 is 49.6 Å². The van der Waals surface area contributed by atoms with E-state index in [1.165, 1.54) is 0 Å². The van der Waals surface area contributed by atoms with Crippen LogP contribution in [0.5, 0.6) is 0 Å². The molecule has 0 rings (SSSR count). The molecule has 0 aliphatic rings. The molecular weight excluding hydrogens is 223 g/mol. The van der Waals surface area contributed by atoms with Crippen LogP contribution in [0.3, 0.4) is 0 Å². The van der Waals surface area contributed by atoms with Crippen molar-refractivity contribution in [3.05, 3.63) is 0 Å². The zero-order valence-electron chi connectivity index (χ0n) is 2.84. The van der Waals surface area contributed by atoms with Crippen LogP contribution < -0.4 is 0 Å². The molecule has 0 heterocycles. The summed E-state index contributed by atoms with van der Waals surface area (Å²) in [5.41, 5.74) is 0. The van der Waals surface area contributed by atoms with Gasteiger partial charge in [0.15, 0.2) is 0 Å². The van der Waals surface area contributed by atoms with Crippen LogP contribution in [0.1, 0.15) is 0 Å². The van der Waals surface area contributed by atoms with Crippen molar-refractivity contribution in [3.8, 4) is 0 Å². The average Bonchev–Trinajstić information content (AvgIpc) is 0. The molecule has 6 heteroatoms. The topological polar surface area (TPSA) is 31.5 Å². The van der Waals surface area contributed by atoms with Crippen LogP contribution in [0.4, 0.5) is 0 Å². The molecule has 0 aliphatic heterocycles. The Hall–Kier alpha value is 1.74. The zero-order chi connectivity index (χ0) is 0. The molecule has 0 radical (unpaired) electrons. The molecule has 0 fully saturated rings. The van der Waals surface area contributed by atoms with Crippen LogP contribution in [0.2, 0.25) is 0 Å². The maximum absolute atomic E-state index is 0. The summed E-state index contributed by atoms with van der Waals surface area (Å²) in [5.74, 6) is 0. The molecule has 0 saturated heterocycles. The molecule has 0 atom stereocenters.